The molecule has 0 aromatic heterocycles. The van der Waals surface area contributed by atoms with Crippen molar-refractivity contribution in [3.05, 3.63) is 54.6 Å². The highest BCUT2D eigenvalue weighted by atomic mass is 32.2. The standard InChI is InChI=1S/C21H26N2O6S/c1-27-12-11-22-21(24)20-14-18(29-16-7-4-3-5-8-16)15-23(20)30(25,26)19-10-6-9-17(13-19)28-2/h3-10,13,18,20H,11-12,14-15H2,1-2H3,(H,22,24)/t18-,20-/m0/s1. The van der Waals surface area contributed by atoms with Crippen LogP contribution in [0.5, 0.6) is 11.5 Å². The van der Waals surface area contributed by atoms with Crippen LogP contribution in [-0.2, 0) is 19.6 Å². The van der Waals surface area contributed by atoms with E-state index in [0.717, 1.165) is 0 Å². The maximum atomic E-state index is 13.4. The van der Waals surface area contributed by atoms with E-state index >= 15 is 0 Å². The number of carbonyl (C=O) groups is 1. The molecule has 3 rings (SSSR count). The summed E-state index contributed by atoms with van der Waals surface area (Å²) < 4.78 is 44.0. The van der Waals surface area contributed by atoms with Crippen LogP contribution < -0.4 is 14.8 Å². The second-order valence-electron chi connectivity index (χ2n) is 6.84. The Labute approximate surface area is 176 Å². The number of amides is 1. The Hall–Kier alpha value is -2.62. The minimum absolute atomic E-state index is 0.0663. The fourth-order valence-corrected chi connectivity index (χ4v) is 5.01. The Morgan fingerprint density at radius 3 is 2.53 bits per heavy atom. The third-order valence-corrected chi connectivity index (χ3v) is 6.69. The van der Waals surface area contributed by atoms with Crippen LogP contribution in [0.4, 0.5) is 0 Å². The number of ether oxygens (including phenoxy) is 3. The summed E-state index contributed by atoms with van der Waals surface area (Å²) in [6, 6.07) is 14.5. The van der Waals surface area contributed by atoms with Gasteiger partial charge in [0.05, 0.1) is 25.2 Å². The molecule has 2 aromatic carbocycles. The molecule has 30 heavy (non-hydrogen) atoms. The average Bonchev–Trinajstić information content (AvgIpc) is 3.19. The first-order valence-electron chi connectivity index (χ1n) is 9.60. The topological polar surface area (TPSA) is 94.2 Å². The molecule has 1 fully saturated rings. The van der Waals surface area contributed by atoms with Crippen molar-refractivity contribution in [2.75, 3.05) is 33.9 Å². The van der Waals surface area contributed by atoms with Crippen molar-refractivity contribution in [2.45, 2.75) is 23.5 Å². The van der Waals surface area contributed by atoms with Gasteiger partial charge >= 0.3 is 0 Å². The van der Waals surface area contributed by atoms with E-state index in [-0.39, 0.29) is 23.8 Å². The molecule has 8 nitrogen and oxygen atoms in total. The fraction of sp³-hybridized carbons (Fsp3) is 0.381. The van der Waals surface area contributed by atoms with Crippen LogP contribution in [0.3, 0.4) is 0 Å². The summed E-state index contributed by atoms with van der Waals surface area (Å²) in [7, 11) is -0.938. The summed E-state index contributed by atoms with van der Waals surface area (Å²) in [5.74, 6) is 0.674. The van der Waals surface area contributed by atoms with Gasteiger partial charge in [0.2, 0.25) is 15.9 Å². The molecule has 0 spiro atoms. The summed E-state index contributed by atoms with van der Waals surface area (Å²) in [5.41, 5.74) is 0. The Morgan fingerprint density at radius 2 is 1.83 bits per heavy atom. The Kier molecular flexibility index (Phi) is 7.30. The molecule has 162 valence electrons. The third-order valence-electron chi connectivity index (χ3n) is 4.82. The number of carbonyl (C=O) groups excluding carboxylic acids is 1. The largest absolute Gasteiger partial charge is 0.497 e. The van der Waals surface area contributed by atoms with E-state index < -0.39 is 22.2 Å². The lowest BCUT2D eigenvalue weighted by Gasteiger charge is -2.23. The quantitative estimate of drug-likeness (QED) is 0.604. The van der Waals surface area contributed by atoms with Crippen LogP contribution in [0.2, 0.25) is 0 Å². The molecular weight excluding hydrogens is 408 g/mol. The highest BCUT2D eigenvalue weighted by molar-refractivity contribution is 7.89. The second-order valence-corrected chi connectivity index (χ2v) is 8.73. The van der Waals surface area contributed by atoms with Gasteiger partial charge in [0.15, 0.2) is 0 Å². The fourth-order valence-electron chi connectivity index (χ4n) is 3.34. The van der Waals surface area contributed by atoms with Gasteiger partial charge in [-0.2, -0.15) is 4.31 Å². The van der Waals surface area contributed by atoms with Gasteiger partial charge in [0, 0.05) is 26.1 Å². The third kappa shape index (κ3) is 5.10. The van der Waals surface area contributed by atoms with Gasteiger partial charge in [-0.25, -0.2) is 8.42 Å². The van der Waals surface area contributed by atoms with E-state index in [1.54, 1.807) is 24.3 Å². The van der Waals surface area contributed by atoms with Crippen molar-refractivity contribution in [1.29, 1.82) is 0 Å². The van der Waals surface area contributed by atoms with Crippen molar-refractivity contribution >= 4 is 15.9 Å². The summed E-state index contributed by atoms with van der Waals surface area (Å²) in [5, 5.41) is 2.74. The van der Waals surface area contributed by atoms with Crippen LogP contribution in [-0.4, -0.2) is 64.7 Å². The summed E-state index contributed by atoms with van der Waals surface area (Å²) in [4.78, 5) is 12.8. The van der Waals surface area contributed by atoms with Gasteiger partial charge in [0.25, 0.3) is 0 Å². The Bertz CT molecular complexity index is 951. The zero-order valence-corrected chi connectivity index (χ0v) is 17.8. The predicted octanol–water partition coefficient (Wildman–Crippen LogP) is 1.67. The number of para-hydroxylation sites is 1. The first kappa shape index (κ1) is 22.1. The number of hydrogen-bond acceptors (Lipinski definition) is 6. The SMILES string of the molecule is COCCNC(=O)[C@@H]1C[C@H](Oc2ccccc2)CN1S(=O)(=O)c1cccc(OC)c1. The van der Waals surface area contributed by atoms with E-state index in [9.17, 15) is 13.2 Å². The molecule has 1 amide bonds. The van der Waals surface area contributed by atoms with Crippen LogP contribution >= 0.6 is 0 Å². The molecule has 0 bridgehead atoms. The molecule has 9 heteroatoms. The van der Waals surface area contributed by atoms with E-state index in [1.165, 1.54) is 30.7 Å². The number of methoxy groups -OCH3 is 2. The summed E-state index contributed by atoms with van der Waals surface area (Å²) >= 11 is 0. The molecule has 1 aliphatic heterocycles. The van der Waals surface area contributed by atoms with Crippen molar-refractivity contribution in [3.63, 3.8) is 0 Å². The lowest BCUT2D eigenvalue weighted by atomic mass is 10.2. The molecule has 2 aromatic rings. The minimum atomic E-state index is -3.94. The number of rotatable bonds is 9. The van der Waals surface area contributed by atoms with Crippen molar-refractivity contribution in [1.82, 2.24) is 9.62 Å². The molecule has 1 N–H and O–H groups in total. The van der Waals surface area contributed by atoms with Crippen LogP contribution in [0.15, 0.2) is 59.5 Å². The summed E-state index contributed by atoms with van der Waals surface area (Å²) in [6.45, 7) is 0.699. The van der Waals surface area contributed by atoms with Gasteiger partial charge in [-0.05, 0) is 24.3 Å². The molecule has 0 saturated carbocycles. The second kappa shape index (κ2) is 9.92. The lowest BCUT2D eigenvalue weighted by molar-refractivity contribution is -0.124. The zero-order chi connectivity index (χ0) is 21.6. The first-order valence-corrected chi connectivity index (χ1v) is 11.0. The van der Waals surface area contributed by atoms with E-state index in [2.05, 4.69) is 5.32 Å². The van der Waals surface area contributed by atoms with Gasteiger partial charge in [-0.1, -0.05) is 24.3 Å². The molecular formula is C21H26N2O6S. The first-order chi connectivity index (χ1) is 14.5. The number of nitrogens with zero attached hydrogens (tertiary/aromatic N) is 1. The van der Waals surface area contributed by atoms with Crippen molar-refractivity contribution < 1.29 is 27.4 Å². The molecule has 2 atom stereocenters. The number of nitrogens with one attached hydrogen (secondary N) is 1. The maximum Gasteiger partial charge on any atom is 0.244 e. The zero-order valence-electron chi connectivity index (χ0n) is 17.0. The van der Waals surface area contributed by atoms with Gasteiger partial charge in [-0.3, -0.25) is 4.79 Å². The van der Waals surface area contributed by atoms with Gasteiger partial charge in [0.1, 0.15) is 23.6 Å². The predicted molar refractivity (Wildman–Crippen MR) is 111 cm³/mol. The molecule has 0 radical (unpaired) electrons. The van der Waals surface area contributed by atoms with Crippen LogP contribution in [0.1, 0.15) is 6.42 Å². The lowest BCUT2D eigenvalue weighted by Crippen LogP contribution is -2.46. The molecule has 1 heterocycles. The van der Waals surface area contributed by atoms with Gasteiger partial charge in [-0.15, -0.1) is 0 Å². The van der Waals surface area contributed by atoms with Crippen molar-refractivity contribution in [2.24, 2.45) is 0 Å². The molecule has 1 aliphatic rings. The Balaban J connectivity index is 1.85. The molecule has 0 aliphatic carbocycles. The van der Waals surface area contributed by atoms with Crippen molar-refractivity contribution in [3.8, 4) is 11.5 Å². The maximum absolute atomic E-state index is 13.4. The normalized spacial score (nSPS) is 19.4. The van der Waals surface area contributed by atoms with E-state index in [0.29, 0.717) is 24.7 Å². The molecule has 1 saturated heterocycles. The summed E-state index contributed by atoms with van der Waals surface area (Å²) in [6.07, 6.45) is -0.206. The van der Waals surface area contributed by atoms with Gasteiger partial charge < -0.3 is 19.5 Å². The van der Waals surface area contributed by atoms with E-state index in [4.69, 9.17) is 14.2 Å². The smallest absolute Gasteiger partial charge is 0.244 e. The highest BCUT2D eigenvalue weighted by Gasteiger charge is 2.45. The number of benzene rings is 2. The minimum Gasteiger partial charge on any atom is -0.497 e. The number of hydrogen-bond donors (Lipinski definition) is 1. The highest BCUT2D eigenvalue weighted by Crippen LogP contribution is 2.30. The van der Waals surface area contributed by atoms with Crippen LogP contribution in [0, 0.1) is 0 Å². The average molecular weight is 435 g/mol. The van der Waals surface area contributed by atoms with Crippen LogP contribution in [0.25, 0.3) is 0 Å². The monoisotopic (exact) mass is 434 g/mol. The van der Waals surface area contributed by atoms with E-state index in [1.807, 2.05) is 18.2 Å². The molecule has 0 unspecified atom stereocenters. The Morgan fingerprint density at radius 1 is 1.10 bits per heavy atom. The number of sulfonamides is 1.